The Kier molecular flexibility index (Phi) is 41.7. The zero-order valence-corrected chi connectivity index (χ0v) is 76.4. The molecular weight excluding hydrogens is 1950 g/mol. The number of carbonyl (C=O) groups excluding carboxylic acids is 5. The zero-order valence-electron chi connectivity index (χ0n) is 76.4. The molecule has 0 spiro atoms. The minimum Gasteiger partial charge on any atom is -0.477 e. The maximum atomic E-state index is 13.4. The smallest absolute Gasteiger partial charge is 0.364 e. The van der Waals surface area contributed by atoms with E-state index in [9.17, 15) is 187 Å². The molecule has 11 saturated heterocycles. The van der Waals surface area contributed by atoms with Crippen molar-refractivity contribution in [1.82, 2.24) is 26.6 Å². The Morgan fingerprint density at radius 3 is 1.05 bits per heavy atom. The van der Waals surface area contributed by atoms with Crippen molar-refractivity contribution in [3.05, 3.63) is 0 Å². The Labute approximate surface area is 803 Å². The highest BCUT2D eigenvalue weighted by atomic mass is 16.8. The summed E-state index contributed by atoms with van der Waals surface area (Å²) in [4.78, 5) is 77.5. The number of aliphatic hydroxyl groups is 30. The number of hydrogen-bond acceptors (Lipinski definition) is 57. The van der Waals surface area contributed by atoms with Crippen molar-refractivity contribution in [2.24, 2.45) is 0 Å². The van der Waals surface area contributed by atoms with E-state index in [0.717, 1.165) is 34.6 Å². The lowest BCUT2D eigenvalue weighted by atomic mass is 9.88. The van der Waals surface area contributed by atoms with Crippen LogP contribution in [0.4, 0.5) is 0 Å². The average Bonchev–Trinajstić information content (AvgIpc) is 0.763. The van der Waals surface area contributed by atoms with E-state index in [1.165, 1.54) is 6.92 Å². The van der Waals surface area contributed by atoms with E-state index in [-0.39, 0.29) is 0 Å². The van der Waals surface area contributed by atoms with Crippen LogP contribution < -0.4 is 26.6 Å². The number of rotatable bonds is 38. The molecule has 142 heavy (non-hydrogen) atoms. The number of aliphatic hydroxyl groups excluding tert-OH is 30. The Balaban J connectivity index is 0.908. The van der Waals surface area contributed by atoms with E-state index in [1.54, 1.807) is 0 Å². The molecule has 63 nitrogen and oxygen atoms in total. The van der Waals surface area contributed by atoms with Crippen LogP contribution in [0.5, 0.6) is 0 Å². The average molecular weight is 2080 g/mol. The van der Waals surface area contributed by atoms with Gasteiger partial charge in [0.15, 0.2) is 62.9 Å². The third kappa shape index (κ3) is 26.0. The van der Waals surface area contributed by atoms with Crippen molar-refractivity contribution in [3.8, 4) is 0 Å². The third-order valence-electron chi connectivity index (χ3n) is 25.9. The predicted octanol–water partition coefficient (Wildman–Crippen LogP) is -24.0. The van der Waals surface area contributed by atoms with Gasteiger partial charge in [-0.2, -0.15) is 0 Å². The number of nitrogens with one attached hydrogen (secondary N) is 5. The summed E-state index contributed by atoms with van der Waals surface area (Å²) in [5, 5.41) is 360. The summed E-state index contributed by atoms with van der Waals surface area (Å²) < 4.78 is 125. The van der Waals surface area contributed by atoms with E-state index in [2.05, 4.69) is 26.6 Å². The van der Waals surface area contributed by atoms with Gasteiger partial charge in [-0.1, -0.05) is 0 Å². The van der Waals surface area contributed by atoms with Crippen molar-refractivity contribution in [2.45, 2.75) is 391 Å². The monoisotopic (exact) mass is 2080 g/mol. The highest BCUT2D eigenvalue weighted by Gasteiger charge is 2.64. The van der Waals surface area contributed by atoms with E-state index in [0.29, 0.717) is 0 Å². The Hall–Kier alpha value is -5.22. The van der Waals surface area contributed by atoms with E-state index in [1.807, 2.05) is 0 Å². The Bertz CT molecular complexity index is 4010. The molecule has 63 heteroatoms. The molecule has 0 aromatic rings. The van der Waals surface area contributed by atoms with Gasteiger partial charge in [0.05, 0.1) is 84.3 Å². The summed E-state index contributed by atoms with van der Waals surface area (Å²) in [7, 11) is 0. The van der Waals surface area contributed by atoms with Gasteiger partial charge in [-0.3, -0.25) is 24.0 Å². The second-order valence-electron chi connectivity index (χ2n) is 36.0. The summed E-state index contributed by atoms with van der Waals surface area (Å²) in [6, 6.07) is -9.70. The van der Waals surface area contributed by atoms with E-state index in [4.69, 9.17) is 99.5 Å². The van der Waals surface area contributed by atoms with Gasteiger partial charge in [0.2, 0.25) is 29.5 Å². The van der Waals surface area contributed by atoms with Gasteiger partial charge in [-0.25, -0.2) is 4.79 Å². The van der Waals surface area contributed by atoms with Crippen molar-refractivity contribution in [2.75, 3.05) is 66.1 Å². The van der Waals surface area contributed by atoms with Gasteiger partial charge < -0.3 is 284 Å². The van der Waals surface area contributed by atoms with Crippen molar-refractivity contribution in [3.63, 3.8) is 0 Å². The molecule has 11 rings (SSSR count). The van der Waals surface area contributed by atoms with Gasteiger partial charge in [-0.05, 0) is 6.92 Å². The minimum atomic E-state index is -3.12. The lowest BCUT2D eigenvalue weighted by Crippen LogP contribution is -2.71. The van der Waals surface area contributed by atoms with Crippen molar-refractivity contribution in [1.29, 1.82) is 0 Å². The molecule has 11 heterocycles. The highest BCUT2D eigenvalue weighted by molar-refractivity contribution is 5.77. The molecule has 0 bridgehead atoms. The van der Waals surface area contributed by atoms with Gasteiger partial charge in [0.25, 0.3) is 5.79 Å². The van der Waals surface area contributed by atoms with Crippen LogP contribution in [-0.2, 0) is 128 Å². The van der Waals surface area contributed by atoms with Crippen LogP contribution in [0.2, 0.25) is 0 Å². The van der Waals surface area contributed by atoms with Gasteiger partial charge in [0.1, 0.15) is 256 Å². The largest absolute Gasteiger partial charge is 0.477 e. The van der Waals surface area contributed by atoms with Crippen molar-refractivity contribution >= 4 is 35.5 Å². The summed E-state index contributed by atoms with van der Waals surface area (Å²) >= 11 is 0. The molecule has 56 atom stereocenters. The summed E-state index contributed by atoms with van der Waals surface area (Å²) in [5.41, 5.74) is 0. The van der Waals surface area contributed by atoms with Crippen LogP contribution in [0, 0.1) is 0 Å². The summed E-state index contributed by atoms with van der Waals surface area (Å²) in [6.07, 6.45) is -110. The molecule has 11 aliphatic heterocycles. The van der Waals surface area contributed by atoms with Crippen LogP contribution in [0.15, 0.2) is 0 Å². The van der Waals surface area contributed by atoms with Crippen LogP contribution in [0.3, 0.4) is 0 Å². The highest BCUT2D eigenvalue weighted by Crippen LogP contribution is 2.43. The number of ether oxygens (including phenoxy) is 21. The maximum Gasteiger partial charge on any atom is 0.364 e. The molecule has 36 N–H and O–H groups in total. The van der Waals surface area contributed by atoms with Gasteiger partial charge >= 0.3 is 5.97 Å². The molecule has 11 fully saturated rings. The molecule has 5 amide bonds. The van der Waals surface area contributed by atoms with Gasteiger partial charge in [-0.15, -0.1) is 0 Å². The first-order chi connectivity index (χ1) is 66.9. The molecule has 0 saturated carbocycles. The third-order valence-corrected chi connectivity index (χ3v) is 25.9. The standard InChI is InChI=1S/C79H131N5O58/c1-18-40(99)51(110)56(115)72(125-18)122-16-34-63(47(106)36(68(119)126-34)81-20(3)93)135-69-37(82-21(4)94)48(107)62(31(14-91)130-69)138-75-59(118)65(46(105)32(133-75)15-123-76-66(54(113)43(102)27(10-87)128-76)140-70-38(83-22(5)95)49(108)60(29(12-89)131-70)136-73-57(116)52(111)42(101)26(9-86)127-73)139-77-67(55(114)44(103)28(11-88)129-77)141-71-39(84-23(6)96)50(109)61(30(13-90)132-71)137-74-58(117)53(112)45(104)33(134-74)17-124-79(78(120)121)7-24(97)35(80-19(2)92)64(142-79)41(100)25(98)8-85/h18,24-77,85-91,97-119H,7-17H2,1-6H3,(H,80,92)(H,81,93)(H,82,94)(H,83,95)(H,84,96)(H,120,121)/t18-,24-,25+,26+,27+,28+,29+,30+,31+,32+,33+,34+,35+,36+,37+,38+,39-,40+,41+,42-,43+,44+,45-,46+,47+,48+,49+,50+,51+,52-,53-,54-,55-,56-,57+,58+,59-,60+,61+,62+,63+,64+,65-,66-,67-,68?,69-,70-,71-,72+,73-,74-,75-,76-,77+,79+/m0/s1. The first-order valence-corrected chi connectivity index (χ1v) is 45.1. The molecule has 0 aliphatic carbocycles. The molecule has 11 aliphatic rings. The lowest BCUT2D eigenvalue weighted by molar-refractivity contribution is -0.399. The van der Waals surface area contributed by atoms with E-state index >= 15 is 0 Å². The molecule has 0 aromatic carbocycles. The molecular formula is C79H131N5O58. The quantitative estimate of drug-likeness (QED) is 0.0273. The minimum absolute atomic E-state index is 0.848. The molecule has 1 unspecified atom stereocenters. The predicted molar refractivity (Wildman–Crippen MR) is 436 cm³/mol. The van der Waals surface area contributed by atoms with Gasteiger partial charge in [0, 0.05) is 41.0 Å². The zero-order chi connectivity index (χ0) is 105. The first-order valence-electron chi connectivity index (χ1n) is 45.1. The SMILES string of the molecule is CC(=O)N[C@@H]1[C@H](O[C@@H]2[C@@H](O[C@@H]3[C@H](O)[C@H](O[C@H]4[C@H](O)[C@@H](NC(C)=O)[C@H](O[C@H]5[C@H](O)[C@@H](NC(C)=O)C(O)O[C@@H]5CO[C@@H]5O[C@@H](C)[C@@H](O)[C@@H](O)[C@@H]5O)O[C@@H]4CO)O[C@H](CO[C@H]4O[C@H](CO)[C@@H](O)[C@H](O)[C@@H]4O[C@@H]4O[C@H](CO)[C@@H](O[C@@H]5O[C@H](CO)[C@H](O)[C@H](O)[C@H]5O)[C@H](O)[C@H]4NC(C)=O)[C@H]3O)O[C@H](CO)[C@@H](O)[C@@H]2O)O[C@H](CO)[C@@H](O[C@@H]2O[C@H](CO[C@]3(C(=O)O)C[C@H](O)[C@@H](NC(C)=O)[C@H]([C@H](O)[C@H](O)CO)O3)[C@H](O)[C@H](O)[C@H]2O)[C@@H]1O. The fourth-order valence-electron chi connectivity index (χ4n) is 18.3. The number of amides is 5. The Morgan fingerprint density at radius 1 is 0.303 bits per heavy atom. The fraction of sp³-hybridized carbons (Fsp3) is 0.924. The number of carboxylic acid groups (broad SMARTS) is 1. The van der Waals surface area contributed by atoms with Crippen LogP contribution >= 0.6 is 0 Å². The van der Waals surface area contributed by atoms with Crippen LogP contribution in [-0.4, -0.2) is 603 Å². The molecule has 0 aromatic heterocycles. The second kappa shape index (κ2) is 50.6. The van der Waals surface area contributed by atoms with Crippen LogP contribution in [0.1, 0.15) is 48.0 Å². The number of aliphatic carboxylic acids is 1. The number of carbonyl (C=O) groups is 6. The number of hydrogen-bond donors (Lipinski definition) is 36. The molecule has 0 radical (unpaired) electrons. The first kappa shape index (κ1) is 117. The number of carboxylic acids is 1. The van der Waals surface area contributed by atoms with Crippen molar-refractivity contribution < 1.29 is 287 Å². The summed E-state index contributed by atoms with van der Waals surface area (Å²) in [6.45, 7) is -5.99. The van der Waals surface area contributed by atoms with Crippen LogP contribution in [0.25, 0.3) is 0 Å². The fourth-order valence-corrected chi connectivity index (χ4v) is 18.3. The topological polar surface area (TPSA) is 984 Å². The second-order valence-corrected chi connectivity index (χ2v) is 36.0. The normalized spacial score (nSPS) is 48.0. The maximum absolute atomic E-state index is 13.4. The summed E-state index contributed by atoms with van der Waals surface area (Å²) in [5.74, 6) is -10.0. The van der Waals surface area contributed by atoms with E-state index < -0.39 is 451 Å². The molecule has 820 valence electrons. The Morgan fingerprint density at radius 2 is 0.620 bits per heavy atom. The lowest BCUT2D eigenvalue weighted by Gasteiger charge is -2.51.